The molecule has 0 spiro atoms. The Kier molecular flexibility index (Phi) is 7.05. The number of methoxy groups -OCH3 is 1. The van der Waals surface area contributed by atoms with Crippen LogP contribution in [-0.4, -0.2) is 55.5 Å². The number of hydrogen-bond donors (Lipinski definition) is 0. The van der Waals surface area contributed by atoms with E-state index < -0.39 is 0 Å². The molecule has 0 unspecified atom stereocenters. The lowest BCUT2D eigenvalue weighted by atomic mass is 10.1. The van der Waals surface area contributed by atoms with Gasteiger partial charge >= 0.3 is 0 Å². The summed E-state index contributed by atoms with van der Waals surface area (Å²) in [5, 5.41) is 1.12. The van der Waals surface area contributed by atoms with Crippen molar-refractivity contribution in [1.29, 1.82) is 0 Å². The lowest BCUT2D eigenvalue weighted by Gasteiger charge is -2.34. The standard InChI is InChI=1S/C21H24Cl2N2O3/c1-3-24-8-10-25(11-9-24)21(26)15-5-7-19(20(12-15)27-2)28-14-16-4-6-17(22)13-18(16)23/h4-7,12-13H,3,8-11,14H2,1-2H3. The van der Waals surface area contributed by atoms with E-state index in [0.717, 1.165) is 38.3 Å². The smallest absolute Gasteiger partial charge is 0.254 e. The summed E-state index contributed by atoms with van der Waals surface area (Å²) in [6.07, 6.45) is 0. The SMILES string of the molecule is CCN1CCN(C(=O)c2ccc(OCc3ccc(Cl)cc3Cl)c(OC)c2)CC1. The molecule has 0 bridgehead atoms. The number of ether oxygens (including phenoxy) is 2. The van der Waals surface area contributed by atoms with E-state index in [2.05, 4.69) is 11.8 Å². The number of benzene rings is 2. The molecule has 150 valence electrons. The fourth-order valence-electron chi connectivity index (χ4n) is 3.16. The Morgan fingerprint density at radius 2 is 1.79 bits per heavy atom. The zero-order valence-corrected chi connectivity index (χ0v) is 17.6. The van der Waals surface area contributed by atoms with Crippen LogP contribution in [0.25, 0.3) is 0 Å². The van der Waals surface area contributed by atoms with Crippen molar-refractivity contribution in [2.75, 3.05) is 39.8 Å². The lowest BCUT2D eigenvalue weighted by Crippen LogP contribution is -2.48. The molecule has 3 rings (SSSR count). The third-order valence-electron chi connectivity index (χ3n) is 4.92. The average molecular weight is 423 g/mol. The Balaban J connectivity index is 1.69. The molecule has 0 radical (unpaired) electrons. The van der Waals surface area contributed by atoms with Crippen molar-refractivity contribution in [2.45, 2.75) is 13.5 Å². The van der Waals surface area contributed by atoms with E-state index in [4.69, 9.17) is 32.7 Å². The Labute approximate surface area is 175 Å². The van der Waals surface area contributed by atoms with Crippen LogP contribution >= 0.6 is 23.2 Å². The quantitative estimate of drug-likeness (QED) is 0.693. The Bertz CT molecular complexity index is 836. The molecule has 1 saturated heterocycles. The van der Waals surface area contributed by atoms with Gasteiger partial charge in [-0.1, -0.05) is 36.2 Å². The normalized spacial score (nSPS) is 14.8. The van der Waals surface area contributed by atoms with E-state index >= 15 is 0 Å². The van der Waals surface area contributed by atoms with Gasteiger partial charge in [0.05, 0.1) is 7.11 Å². The van der Waals surface area contributed by atoms with Gasteiger partial charge in [0.2, 0.25) is 0 Å². The van der Waals surface area contributed by atoms with Gasteiger partial charge in [0, 0.05) is 47.4 Å². The monoisotopic (exact) mass is 422 g/mol. The van der Waals surface area contributed by atoms with Crippen molar-refractivity contribution in [3.63, 3.8) is 0 Å². The molecule has 2 aromatic rings. The number of rotatable bonds is 6. The predicted octanol–water partition coefficient (Wildman–Crippen LogP) is 4.36. The van der Waals surface area contributed by atoms with E-state index in [1.54, 1.807) is 37.4 Å². The highest BCUT2D eigenvalue weighted by Crippen LogP contribution is 2.30. The van der Waals surface area contributed by atoms with Crippen molar-refractivity contribution in [1.82, 2.24) is 9.80 Å². The Morgan fingerprint density at radius 3 is 2.43 bits per heavy atom. The lowest BCUT2D eigenvalue weighted by molar-refractivity contribution is 0.0643. The summed E-state index contributed by atoms with van der Waals surface area (Å²) >= 11 is 12.1. The molecule has 1 aliphatic rings. The molecular formula is C21H24Cl2N2O3. The van der Waals surface area contributed by atoms with Gasteiger partial charge in [0.1, 0.15) is 6.61 Å². The minimum Gasteiger partial charge on any atom is -0.493 e. The van der Waals surface area contributed by atoms with Crippen molar-refractivity contribution in [3.8, 4) is 11.5 Å². The van der Waals surface area contributed by atoms with Gasteiger partial charge < -0.3 is 19.3 Å². The first kappa shape index (κ1) is 20.8. The Hall–Kier alpha value is -1.95. The summed E-state index contributed by atoms with van der Waals surface area (Å²) in [7, 11) is 1.56. The summed E-state index contributed by atoms with van der Waals surface area (Å²) in [5.41, 5.74) is 1.42. The van der Waals surface area contributed by atoms with Crippen molar-refractivity contribution in [2.24, 2.45) is 0 Å². The number of nitrogens with zero attached hydrogens (tertiary/aromatic N) is 2. The molecular weight excluding hydrogens is 399 g/mol. The van der Waals surface area contributed by atoms with Gasteiger partial charge in [-0.05, 0) is 36.9 Å². The maximum absolute atomic E-state index is 12.8. The summed E-state index contributed by atoms with van der Waals surface area (Å²) in [6, 6.07) is 10.5. The van der Waals surface area contributed by atoms with Crippen LogP contribution in [0.1, 0.15) is 22.8 Å². The highest BCUT2D eigenvalue weighted by molar-refractivity contribution is 6.35. The molecule has 1 amide bonds. The molecule has 5 nitrogen and oxygen atoms in total. The van der Waals surface area contributed by atoms with Crippen LogP contribution in [0.3, 0.4) is 0 Å². The summed E-state index contributed by atoms with van der Waals surface area (Å²) in [5.74, 6) is 1.09. The van der Waals surface area contributed by atoms with Crippen molar-refractivity contribution < 1.29 is 14.3 Å². The van der Waals surface area contributed by atoms with Crippen LogP contribution in [0.4, 0.5) is 0 Å². The summed E-state index contributed by atoms with van der Waals surface area (Å²) < 4.78 is 11.3. The van der Waals surface area contributed by atoms with Gasteiger partial charge in [-0.15, -0.1) is 0 Å². The summed E-state index contributed by atoms with van der Waals surface area (Å²) in [4.78, 5) is 17.0. The van der Waals surface area contributed by atoms with Crippen molar-refractivity contribution in [3.05, 3.63) is 57.6 Å². The van der Waals surface area contributed by atoms with E-state index in [-0.39, 0.29) is 12.5 Å². The van der Waals surface area contributed by atoms with E-state index in [9.17, 15) is 4.79 Å². The first-order chi connectivity index (χ1) is 13.5. The molecule has 1 heterocycles. The first-order valence-electron chi connectivity index (χ1n) is 9.28. The molecule has 0 aliphatic carbocycles. The molecule has 2 aromatic carbocycles. The van der Waals surface area contributed by atoms with Crippen molar-refractivity contribution >= 4 is 29.1 Å². The number of carbonyl (C=O) groups is 1. The molecule has 0 saturated carbocycles. The molecule has 1 aliphatic heterocycles. The highest BCUT2D eigenvalue weighted by atomic mass is 35.5. The number of piperazine rings is 1. The van der Waals surface area contributed by atoms with Gasteiger partial charge in [-0.2, -0.15) is 0 Å². The summed E-state index contributed by atoms with van der Waals surface area (Å²) in [6.45, 7) is 6.71. The fourth-order valence-corrected chi connectivity index (χ4v) is 3.63. The van der Waals surface area contributed by atoms with E-state index in [1.807, 2.05) is 11.0 Å². The molecule has 0 aromatic heterocycles. The molecule has 28 heavy (non-hydrogen) atoms. The number of likely N-dealkylation sites (N-methyl/N-ethyl adjacent to an activating group) is 1. The first-order valence-corrected chi connectivity index (χ1v) is 10.0. The van der Waals surface area contributed by atoms with Crippen LogP contribution in [-0.2, 0) is 6.61 Å². The number of amides is 1. The van der Waals surface area contributed by atoms with Gasteiger partial charge in [0.25, 0.3) is 5.91 Å². The van der Waals surface area contributed by atoms with Crippen LogP contribution < -0.4 is 9.47 Å². The molecule has 0 atom stereocenters. The molecule has 0 N–H and O–H groups in total. The second kappa shape index (κ2) is 9.50. The highest BCUT2D eigenvalue weighted by Gasteiger charge is 2.22. The second-order valence-electron chi connectivity index (χ2n) is 6.62. The number of hydrogen-bond acceptors (Lipinski definition) is 4. The topological polar surface area (TPSA) is 42.0 Å². The third kappa shape index (κ3) is 4.90. The van der Waals surface area contributed by atoms with E-state index in [0.29, 0.717) is 27.1 Å². The third-order valence-corrected chi connectivity index (χ3v) is 5.50. The van der Waals surface area contributed by atoms with Gasteiger partial charge in [-0.25, -0.2) is 0 Å². The van der Waals surface area contributed by atoms with Gasteiger partial charge in [0.15, 0.2) is 11.5 Å². The molecule has 7 heteroatoms. The average Bonchev–Trinajstić information content (AvgIpc) is 2.72. The zero-order valence-electron chi connectivity index (χ0n) is 16.1. The van der Waals surface area contributed by atoms with Crippen LogP contribution in [0, 0.1) is 0 Å². The number of carbonyl (C=O) groups excluding carboxylic acids is 1. The largest absolute Gasteiger partial charge is 0.493 e. The fraction of sp³-hybridized carbons (Fsp3) is 0.381. The second-order valence-corrected chi connectivity index (χ2v) is 7.46. The number of halogens is 2. The van der Waals surface area contributed by atoms with Gasteiger partial charge in [-0.3, -0.25) is 4.79 Å². The van der Waals surface area contributed by atoms with Crippen LogP contribution in [0.2, 0.25) is 10.0 Å². The molecule has 1 fully saturated rings. The zero-order chi connectivity index (χ0) is 20.1. The minimum absolute atomic E-state index is 0.0151. The van der Waals surface area contributed by atoms with Crippen LogP contribution in [0.15, 0.2) is 36.4 Å². The van der Waals surface area contributed by atoms with E-state index in [1.165, 1.54) is 0 Å². The predicted molar refractivity (Wildman–Crippen MR) is 112 cm³/mol. The van der Waals surface area contributed by atoms with Crippen LogP contribution in [0.5, 0.6) is 11.5 Å². The Morgan fingerprint density at radius 1 is 1.04 bits per heavy atom. The maximum Gasteiger partial charge on any atom is 0.254 e. The minimum atomic E-state index is 0.0151. The maximum atomic E-state index is 12.8.